The number of nitrogens with zero attached hydrogens (tertiary/aromatic N) is 2. The van der Waals surface area contributed by atoms with E-state index in [4.69, 9.17) is 10.5 Å². The highest BCUT2D eigenvalue weighted by atomic mass is 35.5. The molecule has 0 bridgehead atoms. The van der Waals surface area contributed by atoms with Crippen LogP contribution in [-0.4, -0.2) is 35.6 Å². The lowest BCUT2D eigenvalue weighted by atomic mass is 10.2. The van der Waals surface area contributed by atoms with E-state index in [9.17, 15) is 4.79 Å². The van der Waals surface area contributed by atoms with Gasteiger partial charge in [0.2, 0.25) is 5.91 Å². The van der Waals surface area contributed by atoms with Gasteiger partial charge in [0.1, 0.15) is 6.04 Å². The van der Waals surface area contributed by atoms with Crippen LogP contribution < -0.4 is 11.1 Å². The minimum absolute atomic E-state index is 0. The van der Waals surface area contributed by atoms with Gasteiger partial charge in [-0.15, -0.1) is 12.4 Å². The van der Waals surface area contributed by atoms with Crippen molar-refractivity contribution in [1.82, 2.24) is 9.97 Å². The Morgan fingerprint density at radius 1 is 1.32 bits per heavy atom. The van der Waals surface area contributed by atoms with Crippen LogP contribution in [0.4, 0.5) is 5.69 Å². The summed E-state index contributed by atoms with van der Waals surface area (Å²) in [5.74, 6) is 0.375. The molecule has 118 valence electrons. The second-order valence-electron chi connectivity index (χ2n) is 4.65. The predicted octanol–water partition coefficient (Wildman–Crippen LogP) is 1.79. The van der Waals surface area contributed by atoms with E-state index in [1.165, 1.54) is 7.11 Å². The largest absolute Gasteiger partial charge is 0.383 e. The Bertz CT molecular complexity index is 619. The van der Waals surface area contributed by atoms with Crippen molar-refractivity contribution in [1.29, 1.82) is 0 Å². The first-order valence-electron chi connectivity index (χ1n) is 6.55. The quantitative estimate of drug-likeness (QED) is 0.875. The normalized spacial score (nSPS) is 11.4. The first-order valence-corrected chi connectivity index (χ1v) is 6.55. The Hall–Kier alpha value is -2.02. The van der Waals surface area contributed by atoms with E-state index in [1.807, 2.05) is 25.1 Å². The molecular weight excluding hydrogens is 304 g/mol. The number of amides is 1. The molecule has 1 aromatic carbocycles. The van der Waals surface area contributed by atoms with Gasteiger partial charge in [0, 0.05) is 30.3 Å². The van der Waals surface area contributed by atoms with Gasteiger partial charge in [0.15, 0.2) is 5.82 Å². The molecule has 0 spiro atoms. The van der Waals surface area contributed by atoms with Gasteiger partial charge in [-0.2, -0.15) is 0 Å². The van der Waals surface area contributed by atoms with Crippen molar-refractivity contribution in [3.63, 3.8) is 0 Å². The summed E-state index contributed by atoms with van der Waals surface area (Å²) in [7, 11) is 1.50. The Kier molecular flexibility index (Phi) is 6.91. The molecule has 1 amide bonds. The average molecular weight is 323 g/mol. The lowest BCUT2D eigenvalue weighted by molar-refractivity contribution is -0.118. The summed E-state index contributed by atoms with van der Waals surface area (Å²) in [5, 5.41) is 2.73. The molecule has 1 unspecified atom stereocenters. The van der Waals surface area contributed by atoms with E-state index in [2.05, 4.69) is 15.3 Å². The van der Waals surface area contributed by atoms with E-state index < -0.39 is 6.04 Å². The molecule has 22 heavy (non-hydrogen) atoms. The van der Waals surface area contributed by atoms with Crippen LogP contribution in [0.2, 0.25) is 0 Å². The second kappa shape index (κ2) is 8.43. The number of methoxy groups -OCH3 is 1. The van der Waals surface area contributed by atoms with Gasteiger partial charge in [0.05, 0.1) is 6.61 Å². The minimum Gasteiger partial charge on any atom is -0.383 e. The average Bonchev–Trinajstić information content (AvgIpc) is 2.48. The summed E-state index contributed by atoms with van der Waals surface area (Å²) < 4.78 is 4.85. The zero-order chi connectivity index (χ0) is 15.2. The lowest BCUT2D eigenvalue weighted by Gasteiger charge is -2.11. The maximum atomic E-state index is 11.8. The molecule has 7 heteroatoms. The topological polar surface area (TPSA) is 90.1 Å². The highest BCUT2D eigenvalue weighted by Gasteiger charge is 2.13. The molecule has 2 rings (SSSR count). The number of rotatable bonds is 5. The smallest absolute Gasteiger partial charge is 0.243 e. The van der Waals surface area contributed by atoms with E-state index in [0.717, 1.165) is 11.3 Å². The summed E-state index contributed by atoms with van der Waals surface area (Å²) in [5.41, 5.74) is 8.12. The SMILES string of the molecule is COCC(N)C(=O)Nc1ccc(-c2nccc(C)n2)cc1.Cl. The van der Waals surface area contributed by atoms with Gasteiger partial charge in [-0.1, -0.05) is 0 Å². The molecule has 0 aliphatic heterocycles. The molecule has 6 nitrogen and oxygen atoms in total. The number of benzene rings is 1. The molecule has 1 atom stereocenters. The number of nitrogens with one attached hydrogen (secondary N) is 1. The van der Waals surface area contributed by atoms with Crippen LogP contribution in [0.25, 0.3) is 11.4 Å². The van der Waals surface area contributed by atoms with Gasteiger partial charge < -0.3 is 15.8 Å². The molecule has 0 saturated heterocycles. The Morgan fingerprint density at radius 2 is 2.00 bits per heavy atom. The number of aromatic nitrogens is 2. The summed E-state index contributed by atoms with van der Waals surface area (Å²) >= 11 is 0. The number of carbonyl (C=O) groups is 1. The van der Waals surface area contributed by atoms with E-state index >= 15 is 0 Å². The molecule has 3 N–H and O–H groups in total. The molecule has 2 aromatic rings. The summed E-state index contributed by atoms with van der Waals surface area (Å²) in [6, 6.07) is 8.44. The Morgan fingerprint density at radius 3 is 2.59 bits per heavy atom. The van der Waals surface area contributed by atoms with Gasteiger partial charge in [0.25, 0.3) is 0 Å². The van der Waals surface area contributed by atoms with Crippen LogP contribution in [-0.2, 0) is 9.53 Å². The van der Waals surface area contributed by atoms with Crippen LogP contribution >= 0.6 is 12.4 Å². The molecule has 0 radical (unpaired) electrons. The fraction of sp³-hybridized carbons (Fsp3) is 0.267. The second-order valence-corrected chi connectivity index (χ2v) is 4.65. The van der Waals surface area contributed by atoms with Crippen LogP contribution in [0.15, 0.2) is 36.5 Å². The van der Waals surface area contributed by atoms with Gasteiger partial charge in [-0.05, 0) is 37.3 Å². The van der Waals surface area contributed by atoms with Crippen molar-refractivity contribution >= 4 is 24.0 Å². The highest BCUT2D eigenvalue weighted by Crippen LogP contribution is 2.18. The monoisotopic (exact) mass is 322 g/mol. The summed E-state index contributed by atoms with van der Waals surface area (Å²) in [4.78, 5) is 20.3. The van der Waals surface area contributed by atoms with Crippen LogP contribution in [0, 0.1) is 6.92 Å². The summed E-state index contributed by atoms with van der Waals surface area (Å²) in [6.45, 7) is 2.10. The first kappa shape index (κ1) is 18.0. The number of anilines is 1. The number of hydrogen-bond donors (Lipinski definition) is 2. The van der Waals surface area contributed by atoms with E-state index in [1.54, 1.807) is 18.3 Å². The third-order valence-electron chi connectivity index (χ3n) is 2.89. The third kappa shape index (κ3) is 4.77. The third-order valence-corrected chi connectivity index (χ3v) is 2.89. The standard InChI is InChI=1S/C15H18N4O2.ClH/c1-10-7-8-17-14(18-10)11-3-5-12(6-4-11)19-15(20)13(16)9-21-2;/h3-8,13H,9,16H2,1-2H3,(H,19,20);1H. The zero-order valence-corrected chi connectivity index (χ0v) is 13.3. The number of carbonyl (C=O) groups excluding carboxylic acids is 1. The first-order chi connectivity index (χ1) is 10.1. The molecule has 1 aromatic heterocycles. The fourth-order valence-corrected chi connectivity index (χ4v) is 1.78. The Balaban J connectivity index is 0.00000242. The van der Waals surface area contributed by atoms with Crippen LogP contribution in [0.3, 0.4) is 0 Å². The molecule has 0 saturated carbocycles. The van der Waals surface area contributed by atoms with E-state index in [0.29, 0.717) is 11.5 Å². The number of nitrogens with two attached hydrogens (primary N) is 1. The maximum Gasteiger partial charge on any atom is 0.243 e. The number of hydrogen-bond acceptors (Lipinski definition) is 5. The molecule has 0 aliphatic carbocycles. The number of aryl methyl sites for hydroxylation is 1. The van der Waals surface area contributed by atoms with Gasteiger partial charge >= 0.3 is 0 Å². The van der Waals surface area contributed by atoms with Gasteiger partial charge in [-0.25, -0.2) is 9.97 Å². The highest BCUT2D eigenvalue weighted by molar-refractivity contribution is 5.94. The van der Waals surface area contributed by atoms with Crippen LogP contribution in [0.1, 0.15) is 5.69 Å². The van der Waals surface area contributed by atoms with Crippen molar-refractivity contribution in [2.75, 3.05) is 19.0 Å². The van der Waals surface area contributed by atoms with Crippen molar-refractivity contribution in [3.8, 4) is 11.4 Å². The van der Waals surface area contributed by atoms with Crippen LogP contribution in [0.5, 0.6) is 0 Å². The zero-order valence-electron chi connectivity index (χ0n) is 12.4. The predicted molar refractivity (Wildman–Crippen MR) is 87.9 cm³/mol. The van der Waals surface area contributed by atoms with Crippen molar-refractivity contribution in [2.45, 2.75) is 13.0 Å². The van der Waals surface area contributed by atoms with Crippen molar-refractivity contribution in [2.24, 2.45) is 5.73 Å². The summed E-state index contributed by atoms with van der Waals surface area (Å²) in [6.07, 6.45) is 1.72. The molecule has 0 aliphatic rings. The lowest BCUT2D eigenvalue weighted by Crippen LogP contribution is -2.39. The maximum absolute atomic E-state index is 11.8. The molecule has 0 fully saturated rings. The number of ether oxygens (including phenoxy) is 1. The number of halogens is 1. The van der Waals surface area contributed by atoms with Gasteiger partial charge in [-0.3, -0.25) is 4.79 Å². The fourth-order valence-electron chi connectivity index (χ4n) is 1.78. The van der Waals surface area contributed by atoms with E-state index in [-0.39, 0.29) is 24.9 Å². The van der Waals surface area contributed by atoms with Crippen molar-refractivity contribution < 1.29 is 9.53 Å². The van der Waals surface area contributed by atoms with Crippen molar-refractivity contribution in [3.05, 3.63) is 42.2 Å². The minimum atomic E-state index is -0.685. The molecular formula is C15H19ClN4O2. The molecule has 1 heterocycles. The Labute approximate surface area is 135 Å².